The summed E-state index contributed by atoms with van der Waals surface area (Å²) in [6.45, 7) is 1.82. The van der Waals surface area contributed by atoms with Gasteiger partial charge in [-0.2, -0.15) is 13.2 Å². The van der Waals surface area contributed by atoms with Gasteiger partial charge in [0.15, 0.2) is 0 Å². The fraction of sp³-hybridized carbons (Fsp3) is 0.200. The summed E-state index contributed by atoms with van der Waals surface area (Å²) in [6, 6.07) is 4.15. The maximum Gasteiger partial charge on any atom is 0.416 e. The molecule has 2 rings (SSSR count). The summed E-state index contributed by atoms with van der Waals surface area (Å²) in [5.41, 5.74) is 0.787. The van der Waals surface area contributed by atoms with Crippen molar-refractivity contribution in [1.29, 1.82) is 0 Å². The molecule has 0 atom stereocenters. The molecule has 0 saturated heterocycles. The smallest absolute Gasteiger partial charge is 0.359 e. The van der Waals surface area contributed by atoms with Gasteiger partial charge in [-0.15, -0.1) is 0 Å². The third-order valence-electron chi connectivity index (χ3n) is 2.15. The SMILES string of the molecule is Cc1cc2c(I)cc(C(F)(F)F)cc2[nH]1. The van der Waals surface area contributed by atoms with E-state index in [0.29, 0.717) is 9.09 Å². The highest BCUT2D eigenvalue weighted by atomic mass is 127. The summed E-state index contributed by atoms with van der Waals surface area (Å²) in [7, 11) is 0. The van der Waals surface area contributed by atoms with Gasteiger partial charge >= 0.3 is 6.18 Å². The summed E-state index contributed by atoms with van der Waals surface area (Å²) in [5.74, 6) is 0. The van der Waals surface area contributed by atoms with Gasteiger partial charge in [-0.05, 0) is 47.7 Å². The Morgan fingerprint density at radius 3 is 2.47 bits per heavy atom. The number of aryl methyl sites for hydroxylation is 1. The molecule has 0 spiro atoms. The molecule has 0 amide bonds. The molecule has 0 aliphatic carbocycles. The number of nitrogens with one attached hydrogen (secondary N) is 1. The van der Waals surface area contributed by atoms with Crippen LogP contribution in [-0.2, 0) is 6.18 Å². The number of alkyl halides is 3. The molecule has 1 N–H and O–H groups in total. The number of halogens is 4. The van der Waals surface area contributed by atoms with E-state index in [-0.39, 0.29) is 0 Å². The number of aromatic nitrogens is 1. The van der Waals surface area contributed by atoms with Crippen molar-refractivity contribution in [2.45, 2.75) is 13.1 Å². The zero-order valence-electron chi connectivity index (χ0n) is 7.74. The summed E-state index contributed by atoms with van der Waals surface area (Å²) in [6.07, 6.45) is -4.28. The Labute approximate surface area is 97.8 Å². The molecule has 2 aromatic rings. The maximum absolute atomic E-state index is 12.5. The average molecular weight is 325 g/mol. The monoisotopic (exact) mass is 325 g/mol. The van der Waals surface area contributed by atoms with Crippen molar-refractivity contribution in [3.8, 4) is 0 Å². The fourth-order valence-electron chi connectivity index (χ4n) is 1.50. The van der Waals surface area contributed by atoms with Crippen LogP contribution in [0, 0.1) is 10.5 Å². The zero-order valence-corrected chi connectivity index (χ0v) is 9.90. The predicted octanol–water partition coefficient (Wildman–Crippen LogP) is 4.10. The zero-order chi connectivity index (χ0) is 11.2. The molecule has 0 aliphatic rings. The third kappa shape index (κ3) is 1.97. The van der Waals surface area contributed by atoms with Crippen LogP contribution >= 0.6 is 22.6 Å². The molecule has 15 heavy (non-hydrogen) atoms. The van der Waals surface area contributed by atoms with Crippen LogP contribution in [0.3, 0.4) is 0 Å². The van der Waals surface area contributed by atoms with E-state index in [9.17, 15) is 13.2 Å². The number of fused-ring (bicyclic) bond motifs is 1. The number of H-pyrrole nitrogens is 1. The first-order valence-electron chi connectivity index (χ1n) is 4.24. The molecule has 1 aromatic heterocycles. The van der Waals surface area contributed by atoms with E-state index in [1.165, 1.54) is 0 Å². The Bertz CT molecular complexity index is 513. The van der Waals surface area contributed by atoms with Gasteiger partial charge in [-0.1, -0.05) is 0 Å². The lowest BCUT2D eigenvalue weighted by atomic mass is 10.1. The molecule has 1 heterocycles. The third-order valence-corrected chi connectivity index (χ3v) is 3.04. The Hall–Kier alpha value is -0.720. The van der Waals surface area contributed by atoms with E-state index in [2.05, 4.69) is 4.98 Å². The van der Waals surface area contributed by atoms with Crippen LogP contribution in [0.5, 0.6) is 0 Å². The highest BCUT2D eigenvalue weighted by Crippen LogP contribution is 2.33. The fourth-order valence-corrected chi connectivity index (χ4v) is 2.28. The van der Waals surface area contributed by atoms with E-state index in [0.717, 1.165) is 23.2 Å². The molecule has 80 valence electrons. The van der Waals surface area contributed by atoms with Crippen molar-refractivity contribution in [1.82, 2.24) is 4.98 Å². The molecule has 0 unspecified atom stereocenters. The van der Waals surface area contributed by atoms with Crippen molar-refractivity contribution < 1.29 is 13.2 Å². The first-order chi connectivity index (χ1) is 6.88. The largest absolute Gasteiger partial charge is 0.416 e. The standard InChI is InChI=1S/C10H7F3IN/c1-5-2-7-8(14)3-6(10(11,12)13)4-9(7)15-5/h2-4,15H,1H3. The Kier molecular flexibility index (Phi) is 2.44. The van der Waals surface area contributed by atoms with Crippen molar-refractivity contribution in [3.63, 3.8) is 0 Å². The molecular formula is C10H7F3IN. The number of aromatic amines is 1. The summed E-state index contributed by atoms with van der Waals surface area (Å²) in [4.78, 5) is 2.91. The van der Waals surface area contributed by atoms with Gasteiger partial charge in [0.05, 0.1) is 5.56 Å². The number of rotatable bonds is 0. The molecule has 1 nitrogen and oxygen atoms in total. The molecular weight excluding hydrogens is 318 g/mol. The second kappa shape index (κ2) is 3.40. The second-order valence-corrected chi connectivity index (χ2v) is 4.53. The van der Waals surface area contributed by atoms with Crippen LogP contribution in [0.2, 0.25) is 0 Å². The van der Waals surface area contributed by atoms with Gasteiger partial charge < -0.3 is 4.98 Å². The average Bonchev–Trinajstić information content (AvgIpc) is 2.44. The first-order valence-corrected chi connectivity index (χ1v) is 5.32. The molecule has 5 heteroatoms. The van der Waals surface area contributed by atoms with Gasteiger partial charge in [0.25, 0.3) is 0 Å². The molecule has 0 saturated carbocycles. The summed E-state index contributed by atoms with van der Waals surface area (Å²) >= 11 is 1.92. The molecule has 0 aliphatic heterocycles. The Balaban J connectivity index is 2.72. The van der Waals surface area contributed by atoms with E-state index >= 15 is 0 Å². The Morgan fingerprint density at radius 1 is 1.20 bits per heavy atom. The van der Waals surface area contributed by atoms with Crippen LogP contribution in [-0.4, -0.2) is 4.98 Å². The van der Waals surface area contributed by atoms with E-state index in [1.807, 2.05) is 35.6 Å². The highest BCUT2D eigenvalue weighted by molar-refractivity contribution is 14.1. The van der Waals surface area contributed by atoms with Crippen molar-refractivity contribution in [2.24, 2.45) is 0 Å². The van der Waals surface area contributed by atoms with Crippen molar-refractivity contribution in [2.75, 3.05) is 0 Å². The van der Waals surface area contributed by atoms with E-state index in [1.54, 1.807) is 0 Å². The van der Waals surface area contributed by atoms with Gasteiger partial charge in [0.2, 0.25) is 0 Å². The van der Waals surface area contributed by atoms with Crippen LogP contribution in [0.25, 0.3) is 10.9 Å². The van der Waals surface area contributed by atoms with Gasteiger partial charge in [-0.25, -0.2) is 0 Å². The van der Waals surface area contributed by atoms with Crippen molar-refractivity contribution in [3.05, 3.63) is 33.0 Å². The normalized spacial score (nSPS) is 12.3. The summed E-state index contributed by atoms with van der Waals surface area (Å²) < 4.78 is 38.1. The summed E-state index contributed by atoms with van der Waals surface area (Å²) in [5, 5.41) is 0.834. The minimum absolute atomic E-state index is 0.534. The van der Waals surface area contributed by atoms with Crippen LogP contribution in [0.1, 0.15) is 11.3 Å². The van der Waals surface area contributed by atoms with Crippen LogP contribution in [0.4, 0.5) is 13.2 Å². The second-order valence-electron chi connectivity index (χ2n) is 3.37. The lowest BCUT2D eigenvalue weighted by molar-refractivity contribution is -0.137. The number of hydrogen-bond donors (Lipinski definition) is 1. The van der Waals surface area contributed by atoms with Crippen LogP contribution < -0.4 is 0 Å². The minimum atomic E-state index is -4.28. The number of hydrogen-bond acceptors (Lipinski definition) is 0. The molecule has 0 fully saturated rings. The lowest BCUT2D eigenvalue weighted by Gasteiger charge is -2.07. The van der Waals surface area contributed by atoms with Gasteiger partial charge in [0.1, 0.15) is 0 Å². The van der Waals surface area contributed by atoms with Gasteiger partial charge in [-0.3, -0.25) is 0 Å². The van der Waals surface area contributed by atoms with E-state index < -0.39 is 11.7 Å². The Morgan fingerprint density at radius 2 is 1.87 bits per heavy atom. The highest BCUT2D eigenvalue weighted by Gasteiger charge is 2.31. The van der Waals surface area contributed by atoms with E-state index in [4.69, 9.17) is 0 Å². The predicted molar refractivity (Wildman–Crippen MR) is 60.8 cm³/mol. The molecule has 1 aromatic carbocycles. The number of benzene rings is 1. The maximum atomic E-state index is 12.5. The lowest BCUT2D eigenvalue weighted by Crippen LogP contribution is -2.04. The molecule has 0 bridgehead atoms. The minimum Gasteiger partial charge on any atom is -0.359 e. The quantitative estimate of drug-likeness (QED) is 0.702. The molecule has 0 radical (unpaired) electrons. The van der Waals surface area contributed by atoms with Crippen LogP contribution in [0.15, 0.2) is 18.2 Å². The first kappa shape index (κ1) is 10.8. The van der Waals surface area contributed by atoms with Gasteiger partial charge in [0, 0.05) is 20.2 Å². The van der Waals surface area contributed by atoms with Crippen molar-refractivity contribution >= 4 is 33.5 Å². The topological polar surface area (TPSA) is 15.8 Å².